The van der Waals surface area contributed by atoms with Crippen LogP contribution in [-0.4, -0.2) is 9.55 Å². The van der Waals surface area contributed by atoms with Gasteiger partial charge in [0.2, 0.25) is 0 Å². The Labute approximate surface area is 93.1 Å². The third kappa shape index (κ3) is 1.37. The standard InChI is InChI=1S/C12H14FN3/c1-7-11(13)9(14)4-10-12(7)15-6-16(10)5-8-2-3-8/h4,6,8H,2-3,5,14H2,1H3. The molecule has 1 fully saturated rings. The lowest BCUT2D eigenvalue weighted by Gasteiger charge is -2.05. The highest BCUT2D eigenvalue weighted by atomic mass is 19.1. The number of aryl methyl sites for hydroxylation is 1. The highest BCUT2D eigenvalue weighted by Crippen LogP contribution is 2.32. The van der Waals surface area contributed by atoms with Gasteiger partial charge in [-0.1, -0.05) is 0 Å². The van der Waals surface area contributed by atoms with Crippen LogP contribution >= 0.6 is 0 Å². The molecular formula is C12H14FN3. The number of anilines is 1. The van der Waals surface area contributed by atoms with Crippen molar-refractivity contribution in [1.29, 1.82) is 0 Å². The lowest BCUT2D eigenvalue weighted by Crippen LogP contribution is -2.00. The molecule has 0 aliphatic heterocycles. The molecular weight excluding hydrogens is 205 g/mol. The number of hydrogen-bond acceptors (Lipinski definition) is 2. The summed E-state index contributed by atoms with van der Waals surface area (Å²) in [6.45, 7) is 2.70. The number of nitrogen functional groups attached to an aromatic ring is 1. The molecule has 0 amide bonds. The Morgan fingerprint density at radius 3 is 3.00 bits per heavy atom. The largest absolute Gasteiger partial charge is 0.396 e. The van der Waals surface area contributed by atoms with Gasteiger partial charge in [0.05, 0.1) is 23.0 Å². The monoisotopic (exact) mass is 219 g/mol. The summed E-state index contributed by atoms with van der Waals surface area (Å²) < 4.78 is 15.6. The van der Waals surface area contributed by atoms with Gasteiger partial charge in [-0.15, -0.1) is 0 Å². The van der Waals surface area contributed by atoms with Crippen molar-refractivity contribution in [1.82, 2.24) is 9.55 Å². The molecule has 3 rings (SSSR count). The highest BCUT2D eigenvalue weighted by molar-refractivity contribution is 5.83. The summed E-state index contributed by atoms with van der Waals surface area (Å²) in [5.74, 6) is 0.424. The van der Waals surface area contributed by atoms with Crippen LogP contribution in [0, 0.1) is 18.7 Å². The molecule has 0 atom stereocenters. The van der Waals surface area contributed by atoms with E-state index in [2.05, 4.69) is 9.55 Å². The summed E-state index contributed by atoms with van der Waals surface area (Å²) in [6.07, 6.45) is 4.36. The van der Waals surface area contributed by atoms with Crippen LogP contribution in [-0.2, 0) is 6.54 Å². The number of rotatable bonds is 2. The van der Waals surface area contributed by atoms with Crippen LogP contribution in [0.2, 0.25) is 0 Å². The quantitative estimate of drug-likeness (QED) is 0.788. The zero-order valence-electron chi connectivity index (χ0n) is 9.20. The molecule has 4 heteroatoms. The third-order valence-electron chi connectivity index (χ3n) is 3.26. The topological polar surface area (TPSA) is 43.8 Å². The maximum absolute atomic E-state index is 13.6. The van der Waals surface area contributed by atoms with E-state index in [9.17, 15) is 4.39 Å². The van der Waals surface area contributed by atoms with Gasteiger partial charge in [0.1, 0.15) is 0 Å². The molecule has 16 heavy (non-hydrogen) atoms. The van der Waals surface area contributed by atoms with Crippen molar-refractivity contribution in [2.75, 3.05) is 5.73 Å². The first-order valence-electron chi connectivity index (χ1n) is 5.56. The Hall–Kier alpha value is -1.58. The van der Waals surface area contributed by atoms with Crippen molar-refractivity contribution >= 4 is 16.7 Å². The van der Waals surface area contributed by atoms with Gasteiger partial charge in [-0.25, -0.2) is 9.37 Å². The number of nitrogens with two attached hydrogens (primary N) is 1. The van der Waals surface area contributed by atoms with Gasteiger partial charge in [0.25, 0.3) is 0 Å². The van der Waals surface area contributed by atoms with E-state index >= 15 is 0 Å². The Morgan fingerprint density at radius 2 is 2.31 bits per heavy atom. The third-order valence-corrected chi connectivity index (χ3v) is 3.26. The number of aromatic nitrogens is 2. The molecule has 2 N–H and O–H groups in total. The minimum atomic E-state index is -0.343. The zero-order valence-corrected chi connectivity index (χ0v) is 9.20. The number of hydrogen-bond donors (Lipinski definition) is 1. The van der Waals surface area contributed by atoms with Gasteiger partial charge in [0, 0.05) is 12.1 Å². The lowest BCUT2D eigenvalue weighted by molar-refractivity contribution is 0.624. The molecule has 1 heterocycles. The first-order chi connectivity index (χ1) is 7.66. The molecule has 1 aliphatic carbocycles. The van der Waals surface area contributed by atoms with E-state index in [4.69, 9.17) is 5.73 Å². The van der Waals surface area contributed by atoms with E-state index in [0.29, 0.717) is 5.56 Å². The molecule has 0 unspecified atom stereocenters. The van der Waals surface area contributed by atoms with E-state index in [0.717, 1.165) is 23.5 Å². The maximum Gasteiger partial charge on any atom is 0.151 e. The van der Waals surface area contributed by atoms with Gasteiger partial charge in [-0.3, -0.25) is 0 Å². The van der Waals surface area contributed by atoms with E-state index in [1.807, 2.05) is 0 Å². The van der Waals surface area contributed by atoms with Crippen molar-refractivity contribution in [3.63, 3.8) is 0 Å². The first kappa shape index (κ1) is 9.63. The summed E-state index contributed by atoms with van der Waals surface area (Å²) in [7, 11) is 0. The van der Waals surface area contributed by atoms with Crippen LogP contribution in [0.3, 0.4) is 0 Å². The second-order valence-electron chi connectivity index (χ2n) is 4.61. The average Bonchev–Trinajstić information content (AvgIpc) is 2.98. The lowest BCUT2D eigenvalue weighted by atomic mass is 10.1. The van der Waals surface area contributed by atoms with Crippen molar-refractivity contribution in [2.45, 2.75) is 26.3 Å². The molecule has 0 saturated heterocycles. The van der Waals surface area contributed by atoms with E-state index in [-0.39, 0.29) is 11.5 Å². The van der Waals surface area contributed by atoms with Crippen LogP contribution in [0.15, 0.2) is 12.4 Å². The van der Waals surface area contributed by atoms with Crippen molar-refractivity contribution in [3.8, 4) is 0 Å². The number of benzene rings is 1. The molecule has 1 aliphatic rings. The smallest absolute Gasteiger partial charge is 0.151 e. The number of imidazole rings is 1. The van der Waals surface area contributed by atoms with Crippen molar-refractivity contribution < 1.29 is 4.39 Å². The van der Waals surface area contributed by atoms with Gasteiger partial charge < -0.3 is 10.3 Å². The van der Waals surface area contributed by atoms with Gasteiger partial charge >= 0.3 is 0 Å². The summed E-state index contributed by atoms with van der Waals surface area (Å²) in [6, 6.07) is 1.69. The molecule has 1 aromatic heterocycles. The van der Waals surface area contributed by atoms with Gasteiger partial charge in [-0.2, -0.15) is 0 Å². The summed E-state index contributed by atoms with van der Waals surface area (Å²) >= 11 is 0. The Kier molecular flexibility index (Phi) is 1.93. The van der Waals surface area contributed by atoms with E-state index < -0.39 is 0 Å². The predicted molar refractivity (Wildman–Crippen MR) is 61.6 cm³/mol. The molecule has 3 nitrogen and oxygen atoms in total. The molecule has 0 spiro atoms. The normalized spacial score (nSPS) is 15.9. The summed E-state index contributed by atoms with van der Waals surface area (Å²) in [4.78, 5) is 4.27. The van der Waals surface area contributed by atoms with Crippen molar-refractivity contribution in [3.05, 3.63) is 23.8 Å². The summed E-state index contributed by atoms with van der Waals surface area (Å²) in [5.41, 5.74) is 8.08. The molecule has 1 saturated carbocycles. The second-order valence-corrected chi connectivity index (χ2v) is 4.61. The van der Waals surface area contributed by atoms with Gasteiger partial charge in [-0.05, 0) is 31.7 Å². The van der Waals surface area contributed by atoms with Crippen molar-refractivity contribution in [2.24, 2.45) is 5.92 Å². The Morgan fingerprint density at radius 1 is 1.56 bits per heavy atom. The SMILES string of the molecule is Cc1c(F)c(N)cc2c1ncn2CC1CC1. The predicted octanol–water partition coefficient (Wildman–Crippen LogP) is 2.48. The fourth-order valence-corrected chi connectivity index (χ4v) is 2.09. The zero-order chi connectivity index (χ0) is 11.3. The van der Waals surface area contributed by atoms with Crippen LogP contribution in [0.25, 0.3) is 11.0 Å². The summed E-state index contributed by atoms with van der Waals surface area (Å²) in [5, 5.41) is 0. The maximum atomic E-state index is 13.6. The van der Waals surface area contributed by atoms with Crippen LogP contribution in [0.5, 0.6) is 0 Å². The van der Waals surface area contributed by atoms with Crippen LogP contribution in [0.4, 0.5) is 10.1 Å². The van der Waals surface area contributed by atoms with E-state index in [1.165, 1.54) is 12.8 Å². The molecule has 1 aromatic carbocycles. The Balaban J connectivity index is 2.17. The molecule has 0 bridgehead atoms. The van der Waals surface area contributed by atoms with E-state index in [1.54, 1.807) is 19.3 Å². The molecule has 0 radical (unpaired) electrons. The number of nitrogens with zero attached hydrogens (tertiary/aromatic N) is 2. The van der Waals surface area contributed by atoms with Crippen LogP contribution < -0.4 is 5.73 Å². The fraction of sp³-hybridized carbons (Fsp3) is 0.417. The highest BCUT2D eigenvalue weighted by Gasteiger charge is 2.23. The Bertz CT molecular complexity index is 555. The number of fused-ring (bicyclic) bond motifs is 1. The van der Waals surface area contributed by atoms with Gasteiger partial charge in [0.15, 0.2) is 5.82 Å². The minimum Gasteiger partial charge on any atom is -0.396 e. The molecule has 2 aromatic rings. The number of halogens is 1. The average molecular weight is 219 g/mol. The minimum absolute atomic E-state index is 0.211. The fourth-order valence-electron chi connectivity index (χ4n) is 2.09. The van der Waals surface area contributed by atoms with Crippen LogP contribution in [0.1, 0.15) is 18.4 Å². The molecule has 84 valence electrons. The second kappa shape index (κ2) is 3.20. The first-order valence-corrected chi connectivity index (χ1v) is 5.56.